The lowest BCUT2D eigenvalue weighted by Gasteiger charge is -2.43. The van der Waals surface area contributed by atoms with Gasteiger partial charge in [-0.3, -0.25) is 4.90 Å². The third kappa shape index (κ3) is 3.05. The van der Waals surface area contributed by atoms with E-state index in [4.69, 9.17) is 0 Å². The van der Waals surface area contributed by atoms with E-state index in [0.717, 1.165) is 18.4 Å². The number of rotatable bonds is 2. The molecule has 0 radical (unpaired) electrons. The van der Waals surface area contributed by atoms with Gasteiger partial charge in [0.1, 0.15) is 0 Å². The minimum atomic E-state index is 0.275. The zero-order valence-corrected chi connectivity index (χ0v) is 12.1. The Hall–Kier alpha value is -0.590. The summed E-state index contributed by atoms with van der Waals surface area (Å²) >= 11 is 0. The van der Waals surface area contributed by atoms with Crippen molar-refractivity contribution in [2.45, 2.75) is 51.1 Å². The molecular weight excluding hydrogens is 222 g/mol. The van der Waals surface area contributed by atoms with Crippen molar-refractivity contribution in [1.82, 2.24) is 9.80 Å². The number of likely N-dealkylation sites (tertiary alicyclic amines) is 1. The smallest absolute Gasteiger partial charge is 0.0672 e. The average molecular weight is 249 g/mol. The monoisotopic (exact) mass is 249 g/mol. The number of hydrogen-bond acceptors (Lipinski definition) is 3. The van der Waals surface area contributed by atoms with E-state index in [1.54, 1.807) is 0 Å². The predicted molar refractivity (Wildman–Crippen MR) is 74.2 cm³/mol. The summed E-state index contributed by atoms with van der Waals surface area (Å²) in [7, 11) is 4.36. The first-order valence-corrected chi connectivity index (χ1v) is 7.42. The molecule has 3 unspecified atom stereocenters. The molecule has 1 heterocycles. The average Bonchev–Trinajstić information content (AvgIpc) is 2.39. The third-order valence-electron chi connectivity index (χ3n) is 4.94. The van der Waals surface area contributed by atoms with E-state index in [-0.39, 0.29) is 5.92 Å². The molecule has 102 valence electrons. The fraction of sp³-hybridized carbons (Fsp3) is 0.933. The molecular formula is C15H27N3. The molecule has 0 aromatic carbocycles. The highest BCUT2D eigenvalue weighted by molar-refractivity contribution is 4.98. The second-order valence-electron chi connectivity index (χ2n) is 6.45. The number of nitriles is 1. The van der Waals surface area contributed by atoms with Gasteiger partial charge in [-0.1, -0.05) is 6.92 Å². The van der Waals surface area contributed by atoms with Crippen molar-refractivity contribution in [3.05, 3.63) is 0 Å². The van der Waals surface area contributed by atoms with Crippen LogP contribution in [0.1, 0.15) is 39.0 Å². The summed E-state index contributed by atoms with van der Waals surface area (Å²) in [4.78, 5) is 4.95. The molecule has 3 nitrogen and oxygen atoms in total. The lowest BCUT2D eigenvalue weighted by molar-refractivity contribution is 0.0603. The highest BCUT2D eigenvalue weighted by Crippen LogP contribution is 2.33. The lowest BCUT2D eigenvalue weighted by atomic mass is 9.78. The third-order valence-corrected chi connectivity index (χ3v) is 4.94. The molecule has 0 bridgehead atoms. The maximum atomic E-state index is 9.33. The van der Waals surface area contributed by atoms with E-state index in [9.17, 15) is 5.26 Å². The summed E-state index contributed by atoms with van der Waals surface area (Å²) in [5, 5.41) is 9.33. The van der Waals surface area contributed by atoms with Crippen LogP contribution < -0.4 is 0 Å². The van der Waals surface area contributed by atoms with Crippen LogP contribution in [0.2, 0.25) is 0 Å². The van der Waals surface area contributed by atoms with Crippen LogP contribution in [0, 0.1) is 23.2 Å². The molecule has 2 rings (SSSR count). The summed E-state index contributed by atoms with van der Waals surface area (Å²) in [5.74, 6) is 1.07. The van der Waals surface area contributed by atoms with Crippen molar-refractivity contribution in [3.63, 3.8) is 0 Å². The molecule has 0 N–H and O–H groups in total. The fourth-order valence-electron chi connectivity index (χ4n) is 3.64. The Kier molecular flexibility index (Phi) is 4.64. The van der Waals surface area contributed by atoms with Crippen LogP contribution in [0.15, 0.2) is 0 Å². The van der Waals surface area contributed by atoms with Crippen molar-refractivity contribution in [2.24, 2.45) is 11.8 Å². The normalized spacial score (nSPS) is 35.6. The van der Waals surface area contributed by atoms with Gasteiger partial charge in [0.2, 0.25) is 0 Å². The summed E-state index contributed by atoms with van der Waals surface area (Å²) in [6.07, 6.45) is 6.09. The van der Waals surface area contributed by atoms with Crippen molar-refractivity contribution in [3.8, 4) is 6.07 Å². The number of nitrogens with zero attached hydrogens (tertiary/aromatic N) is 3. The largest absolute Gasteiger partial charge is 0.306 e. The molecule has 1 saturated heterocycles. The first-order valence-electron chi connectivity index (χ1n) is 7.42. The molecule has 2 aliphatic rings. The molecule has 1 aliphatic heterocycles. The van der Waals surface area contributed by atoms with Gasteiger partial charge < -0.3 is 4.90 Å². The Labute approximate surface area is 112 Å². The van der Waals surface area contributed by atoms with E-state index < -0.39 is 0 Å². The zero-order valence-electron chi connectivity index (χ0n) is 12.1. The van der Waals surface area contributed by atoms with E-state index in [2.05, 4.69) is 36.9 Å². The highest BCUT2D eigenvalue weighted by Gasteiger charge is 2.34. The van der Waals surface area contributed by atoms with Crippen LogP contribution in [0.25, 0.3) is 0 Å². The van der Waals surface area contributed by atoms with Gasteiger partial charge >= 0.3 is 0 Å². The summed E-state index contributed by atoms with van der Waals surface area (Å²) < 4.78 is 0. The van der Waals surface area contributed by atoms with Gasteiger partial charge in [-0.15, -0.1) is 0 Å². The van der Waals surface area contributed by atoms with E-state index in [1.165, 1.54) is 38.8 Å². The minimum absolute atomic E-state index is 0.275. The summed E-state index contributed by atoms with van der Waals surface area (Å²) in [5.41, 5.74) is 0. The van der Waals surface area contributed by atoms with E-state index in [1.807, 2.05) is 0 Å². The quantitative estimate of drug-likeness (QED) is 0.752. The Morgan fingerprint density at radius 3 is 2.33 bits per heavy atom. The molecule has 1 saturated carbocycles. The first-order chi connectivity index (χ1) is 8.61. The molecule has 3 heteroatoms. The fourth-order valence-corrected chi connectivity index (χ4v) is 3.64. The second-order valence-corrected chi connectivity index (χ2v) is 6.45. The predicted octanol–water partition coefficient (Wildman–Crippen LogP) is 2.34. The first kappa shape index (κ1) is 13.8. The van der Waals surface area contributed by atoms with Crippen molar-refractivity contribution in [2.75, 3.05) is 27.2 Å². The van der Waals surface area contributed by atoms with Crippen molar-refractivity contribution >= 4 is 0 Å². The maximum absolute atomic E-state index is 9.33. The van der Waals surface area contributed by atoms with Gasteiger partial charge in [-0.25, -0.2) is 0 Å². The molecule has 0 amide bonds. The standard InChI is InChI=1S/C15H27N3/c1-12-4-5-13(11-16)15(10-12)18-8-6-14(7-9-18)17(2)3/h12-15H,4-10H2,1-3H3. The molecule has 3 atom stereocenters. The number of hydrogen-bond donors (Lipinski definition) is 0. The van der Waals surface area contributed by atoms with Gasteiger partial charge in [0, 0.05) is 12.1 Å². The van der Waals surface area contributed by atoms with Crippen LogP contribution in [0.3, 0.4) is 0 Å². The Morgan fingerprint density at radius 2 is 1.78 bits per heavy atom. The second kappa shape index (κ2) is 6.04. The topological polar surface area (TPSA) is 30.3 Å². The minimum Gasteiger partial charge on any atom is -0.306 e. The molecule has 0 aromatic rings. The Morgan fingerprint density at radius 1 is 1.11 bits per heavy atom. The number of piperidine rings is 1. The molecule has 1 aliphatic carbocycles. The SMILES string of the molecule is CC1CCC(C#N)C(N2CCC(N(C)C)CC2)C1. The van der Waals surface area contributed by atoms with Crippen LogP contribution >= 0.6 is 0 Å². The Bertz CT molecular complexity index is 299. The van der Waals surface area contributed by atoms with Gasteiger partial charge in [-0.2, -0.15) is 5.26 Å². The summed E-state index contributed by atoms with van der Waals surface area (Å²) in [6, 6.07) is 3.82. The zero-order chi connectivity index (χ0) is 13.1. The molecule has 0 spiro atoms. The van der Waals surface area contributed by atoms with Gasteiger partial charge in [0.15, 0.2) is 0 Å². The van der Waals surface area contributed by atoms with Gasteiger partial charge in [0.25, 0.3) is 0 Å². The van der Waals surface area contributed by atoms with Gasteiger partial charge in [0.05, 0.1) is 12.0 Å². The van der Waals surface area contributed by atoms with Crippen LogP contribution in [0.5, 0.6) is 0 Å². The van der Waals surface area contributed by atoms with Crippen LogP contribution in [0.4, 0.5) is 0 Å². The van der Waals surface area contributed by atoms with Crippen molar-refractivity contribution in [1.29, 1.82) is 5.26 Å². The molecule has 18 heavy (non-hydrogen) atoms. The van der Waals surface area contributed by atoms with E-state index >= 15 is 0 Å². The van der Waals surface area contributed by atoms with Gasteiger partial charge in [-0.05, 0) is 65.2 Å². The van der Waals surface area contributed by atoms with Crippen molar-refractivity contribution < 1.29 is 0 Å². The molecule has 2 fully saturated rings. The van der Waals surface area contributed by atoms with E-state index in [0.29, 0.717) is 6.04 Å². The van der Waals surface area contributed by atoms with Crippen LogP contribution in [-0.2, 0) is 0 Å². The van der Waals surface area contributed by atoms with Crippen LogP contribution in [-0.4, -0.2) is 49.1 Å². The highest BCUT2D eigenvalue weighted by atomic mass is 15.2. The molecule has 0 aromatic heterocycles. The summed E-state index contributed by atoms with van der Waals surface area (Å²) in [6.45, 7) is 4.70. The lowest BCUT2D eigenvalue weighted by Crippen LogP contribution is -2.50. The Balaban J connectivity index is 1.93. The maximum Gasteiger partial charge on any atom is 0.0672 e.